The van der Waals surface area contributed by atoms with Crippen molar-refractivity contribution in [2.75, 3.05) is 0 Å². The molecule has 2 heteroatoms. The highest BCUT2D eigenvalue weighted by atomic mass is 16.2. The van der Waals surface area contributed by atoms with Crippen molar-refractivity contribution in [1.82, 2.24) is 4.90 Å². The van der Waals surface area contributed by atoms with Gasteiger partial charge in [-0.05, 0) is 27.2 Å². The Labute approximate surface area is 69.6 Å². The van der Waals surface area contributed by atoms with Crippen LogP contribution in [0.1, 0.15) is 41.0 Å². The Balaban J connectivity index is 4.21. The van der Waals surface area contributed by atoms with Gasteiger partial charge in [-0.3, -0.25) is 4.79 Å². The summed E-state index contributed by atoms with van der Waals surface area (Å²) < 4.78 is 0. The average Bonchev–Trinajstić information content (AvgIpc) is 1.85. The zero-order valence-corrected chi connectivity index (χ0v) is 8.22. The summed E-state index contributed by atoms with van der Waals surface area (Å²) >= 11 is 0. The lowest BCUT2D eigenvalue weighted by molar-refractivity contribution is -0.132. The third-order valence-corrected chi connectivity index (χ3v) is 1.99. The molecule has 0 bridgehead atoms. The molecule has 0 rings (SSSR count). The molecule has 0 radical (unpaired) electrons. The van der Waals surface area contributed by atoms with E-state index in [1.54, 1.807) is 6.92 Å². The molecule has 0 aromatic heterocycles. The molecular formula is C9H19NO. The van der Waals surface area contributed by atoms with Gasteiger partial charge in [0.15, 0.2) is 0 Å². The molecule has 0 aromatic carbocycles. The molecule has 0 aromatic rings. The summed E-state index contributed by atoms with van der Waals surface area (Å²) in [6.07, 6.45) is 1.03. The lowest BCUT2D eigenvalue weighted by atomic mass is 10.2. The van der Waals surface area contributed by atoms with E-state index in [9.17, 15) is 4.79 Å². The highest BCUT2D eigenvalue weighted by molar-refractivity contribution is 5.73. The molecular weight excluding hydrogens is 138 g/mol. The Bertz CT molecular complexity index is 132. The van der Waals surface area contributed by atoms with Gasteiger partial charge in [-0.1, -0.05) is 6.92 Å². The van der Waals surface area contributed by atoms with Crippen molar-refractivity contribution in [3.8, 4) is 0 Å². The third kappa shape index (κ3) is 2.91. The normalized spacial score (nSPS) is 13.3. The first kappa shape index (κ1) is 10.5. The van der Waals surface area contributed by atoms with E-state index in [0.717, 1.165) is 6.42 Å². The molecule has 0 aliphatic heterocycles. The Morgan fingerprint density at radius 2 is 1.82 bits per heavy atom. The molecule has 2 nitrogen and oxygen atoms in total. The summed E-state index contributed by atoms with van der Waals surface area (Å²) in [5.74, 6) is 0.175. The molecule has 0 aliphatic rings. The number of hydrogen-bond donors (Lipinski definition) is 0. The van der Waals surface area contributed by atoms with E-state index in [1.807, 2.05) is 18.7 Å². The molecule has 11 heavy (non-hydrogen) atoms. The van der Waals surface area contributed by atoms with Gasteiger partial charge in [-0.25, -0.2) is 0 Å². The third-order valence-electron chi connectivity index (χ3n) is 1.99. The second-order valence-electron chi connectivity index (χ2n) is 3.28. The van der Waals surface area contributed by atoms with E-state index in [4.69, 9.17) is 0 Å². The lowest BCUT2D eigenvalue weighted by Gasteiger charge is -2.31. The summed E-state index contributed by atoms with van der Waals surface area (Å²) in [6, 6.07) is 0.690. The van der Waals surface area contributed by atoms with E-state index in [2.05, 4.69) is 13.8 Å². The van der Waals surface area contributed by atoms with Crippen molar-refractivity contribution in [2.45, 2.75) is 53.1 Å². The van der Waals surface area contributed by atoms with Gasteiger partial charge in [0.1, 0.15) is 0 Å². The minimum Gasteiger partial charge on any atom is -0.338 e. The summed E-state index contributed by atoms with van der Waals surface area (Å²) in [5.41, 5.74) is 0. The van der Waals surface area contributed by atoms with Crippen molar-refractivity contribution in [3.63, 3.8) is 0 Å². The molecule has 0 spiro atoms. The average molecular weight is 157 g/mol. The summed E-state index contributed by atoms with van der Waals surface area (Å²) in [7, 11) is 0. The van der Waals surface area contributed by atoms with Crippen LogP contribution in [0.4, 0.5) is 0 Å². The maximum Gasteiger partial charge on any atom is 0.219 e. The Morgan fingerprint density at radius 3 is 1.91 bits per heavy atom. The van der Waals surface area contributed by atoms with Gasteiger partial charge < -0.3 is 4.90 Å². The summed E-state index contributed by atoms with van der Waals surface area (Å²) in [4.78, 5) is 13.0. The highest BCUT2D eigenvalue weighted by Crippen LogP contribution is 2.08. The molecule has 0 saturated carbocycles. The number of amides is 1. The fourth-order valence-electron chi connectivity index (χ4n) is 1.38. The van der Waals surface area contributed by atoms with Crippen LogP contribution in [0.25, 0.3) is 0 Å². The standard InChI is InChI=1S/C9H19NO/c1-6-8(4)10(7(2)3)9(5)11/h7-8H,6H2,1-5H3/t8-/m1/s1. The molecule has 0 aliphatic carbocycles. The number of carbonyl (C=O) groups is 1. The minimum atomic E-state index is 0.175. The second-order valence-corrected chi connectivity index (χ2v) is 3.28. The molecule has 0 fully saturated rings. The Hall–Kier alpha value is -0.530. The van der Waals surface area contributed by atoms with Crippen LogP contribution in [0.5, 0.6) is 0 Å². The van der Waals surface area contributed by atoms with Crippen LogP contribution in [-0.2, 0) is 4.79 Å². The van der Waals surface area contributed by atoms with Crippen LogP contribution in [0.2, 0.25) is 0 Å². The summed E-state index contributed by atoms with van der Waals surface area (Å²) in [6.45, 7) is 9.91. The number of hydrogen-bond acceptors (Lipinski definition) is 1. The first-order valence-corrected chi connectivity index (χ1v) is 4.29. The second kappa shape index (κ2) is 4.37. The molecule has 1 atom stereocenters. The van der Waals surface area contributed by atoms with Crippen molar-refractivity contribution >= 4 is 5.91 Å². The van der Waals surface area contributed by atoms with Crippen molar-refractivity contribution < 1.29 is 4.79 Å². The van der Waals surface area contributed by atoms with Crippen LogP contribution in [-0.4, -0.2) is 22.9 Å². The van der Waals surface area contributed by atoms with E-state index in [1.165, 1.54) is 0 Å². The Kier molecular flexibility index (Phi) is 4.16. The van der Waals surface area contributed by atoms with E-state index >= 15 is 0 Å². The van der Waals surface area contributed by atoms with Gasteiger partial charge in [-0.2, -0.15) is 0 Å². The number of carbonyl (C=O) groups excluding carboxylic acids is 1. The van der Waals surface area contributed by atoms with E-state index < -0.39 is 0 Å². The molecule has 1 amide bonds. The molecule has 66 valence electrons. The largest absolute Gasteiger partial charge is 0.338 e. The minimum absolute atomic E-state index is 0.175. The van der Waals surface area contributed by atoms with Gasteiger partial charge >= 0.3 is 0 Å². The molecule has 0 heterocycles. The van der Waals surface area contributed by atoms with Crippen LogP contribution < -0.4 is 0 Å². The molecule has 0 N–H and O–H groups in total. The smallest absolute Gasteiger partial charge is 0.219 e. The van der Waals surface area contributed by atoms with Crippen LogP contribution in [0.3, 0.4) is 0 Å². The molecule has 0 unspecified atom stereocenters. The fourth-order valence-corrected chi connectivity index (χ4v) is 1.38. The van der Waals surface area contributed by atoms with Gasteiger partial charge in [0.25, 0.3) is 0 Å². The van der Waals surface area contributed by atoms with Crippen LogP contribution >= 0.6 is 0 Å². The van der Waals surface area contributed by atoms with E-state index in [-0.39, 0.29) is 5.91 Å². The monoisotopic (exact) mass is 157 g/mol. The van der Waals surface area contributed by atoms with Crippen LogP contribution in [0, 0.1) is 0 Å². The first-order chi connectivity index (χ1) is 5.00. The number of nitrogens with zero attached hydrogens (tertiary/aromatic N) is 1. The van der Waals surface area contributed by atoms with Gasteiger partial charge in [0, 0.05) is 19.0 Å². The zero-order chi connectivity index (χ0) is 9.02. The fraction of sp³-hybridized carbons (Fsp3) is 0.889. The molecule has 0 saturated heterocycles. The first-order valence-electron chi connectivity index (χ1n) is 4.29. The summed E-state index contributed by atoms with van der Waals surface area (Å²) in [5, 5.41) is 0. The van der Waals surface area contributed by atoms with Gasteiger partial charge in [0.2, 0.25) is 5.91 Å². The predicted octanol–water partition coefficient (Wildman–Crippen LogP) is 2.04. The van der Waals surface area contributed by atoms with Crippen molar-refractivity contribution in [2.24, 2.45) is 0 Å². The van der Waals surface area contributed by atoms with Crippen LogP contribution in [0.15, 0.2) is 0 Å². The van der Waals surface area contributed by atoms with Gasteiger partial charge in [0.05, 0.1) is 0 Å². The topological polar surface area (TPSA) is 20.3 Å². The highest BCUT2D eigenvalue weighted by Gasteiger charge is 2.17. The van der Waals surface area contributed by atoms with Crippen molar-refractivity contribution in [1.29, 1.82) is 0 Å². The predicted molar refractivity (Wildman–Crippen MR) is 47.4 cm³/mol. The Morgan fingerprint density at radius 1 is 1.36 bits per heavy atom. The maximum atomic E-state index is 11.1. The zero-order valence-electron chi connectivity index (χ0n) is 8.22. The SMILES string of the molecule is CC[C@@H](C)N(C(C)=O)C(C)C. The van der Waals surface area contributed by atoms with E-state index in [0.29, 0.717) is 12.1 Å². The van der Waals surface area contributed by atoms with Crippen molar-refractivity contribution in [3.05, 3.63) is 0 Å². The quantitative estimate of drug-likeness (QED) is 0.614. The van der Waals surface area contributed by atoms with Gasteiger partial charge in [-0.15, -0.1) is 0 Å². The lowest BCUT2D eigenvalue weighted by Crippen LogP contribution is -2.41. The number of rotatable bonds is 3. The maximum absolute atomic E-state index is 11.1.